The number of carbonyl (C=O) groups is 3. The van der Waals surface area contributed by atoms with E-state index in [1.54, 1.807) is 0 Å². The summed E-state index contributed by atoms with van der Waals surface area (Å²) in [5.74, 6) is -1.58. The number of hydroxylamine groups is 2. The molecule has 1 aliphatic carbocycles. The second-order valence-corrected chi connectivity index (χ2v) is 10.4. The number of imide groups is 1. The summed E-state index contributed by atoms with van der Waals surface area (Å²) in [6, 6.07) is 10.0. The molecule has 1 aliphatic heterocycles. The van der Waals surface area contributed by atoms with E-state index in [0.29, 0.717) is 18.0 Å². The van der Waals surface area contributed by atoms with Gasteiger partial charge in [-0.15, -0.1) is 5.06 Å². The summed E-state index contributed by atoms with van der Waals surface area (Å²) in [4.78, 5) is 45.4. The number of benzene rings is 1. The van der Waals surface area contributed by atoms with Crippen molar-refractivity contribution in [1.82, 2.24) is 18.8 Å². The van der Waals surface area contributed by atoms with E-state index < -0.39 is 17.8 Å². The van der Waals surface area contributed by atoms with Crippen molar-refractivity contribution in [1.29, 1.82) is 0 Å². The summed E-state index contributed by atoms with van der Waals surface area (Å²) in [7, 11) is 0. The Kier molecular flexibility index (Phi) is 8.69. The third kappa shape index (κ3) is 6.60. The highest BCUT2D eigenvalue weighted by Gasteiger charge is 2.32. The first-order valence-corrected chi connectivity index (χ1v) is 14.2. The zero-order chi connectivity index (χ0) is 28.8. The van der Waals surface area contributed by atoms with Gasteiger partial charge in [-0.2, -0.15) is 8.75 Å². The van der Waals surface area contributed by atoms with Gasteiger partial charge in [0.1, 0.15) is 23.4 Å². The SMILES string of the molecule is C=[N+](/C=C\C=C(/C)CCC(=O)ON1C(=O)CCC1=O)Cc1nc(-c2ccccc2)c2nsnc2c1C1=CC=CCC1. The van der Waals surface area contributed by atoms with Gasteiger partial charge in [-0.05, 0) is 31.8 Å². The number of pyridine rings is 1. The van der Waals surface area contributed by atoms with Gasteiger partial charge < -0.3 is 4.84 Å². The zero-order valence-corrected chi connectivity index (χ0v) is 23.6. The normalized spacial score (nSPS) is 15.7. The van der Waals surface area contributed by atoms with Gasteiger partial charge in [-0.3, -0.25) is 9.59 Å². The molecule has 208 valence electrons. The molecule has 0 unspecified atom stereocenters. The molecule has 2 amide bonds. The molecule has 1 aromatic carbocycles. The van der Waals surface area contributed by atoms with Crippen LogP contribution in [0.3, 0.4) is 0 Å². The van der Waals surface area contributed by atoms with Gasteiger partial charge in [0, 0.05) is 30.0 Å². The Morgan fingerprint density at radius 2 is 1.85 bits per heavy atom. The molecule has 2 aliphatic rings. The zero-order valence-electron chi connectivity index (χ0n) is 22.8. The van der Waals surface area contributed by atoms with Crippen LogP contribution in [0.15, 0.2) is 72.5 Å². The average molecular weight is 569 g/mol. The fourth-order valence-electron chi connectivity index (χ4n) is 4.71. The maximum Gasteiger partial charge on any atom is 0.333 e. The van der Waals surface area contributed by atoms with Crippen LogP contribution >= 0.6 is 11.7 Å². The predicted molar refractivity (Wildman–Crippen MR) is 157 cm³/mol. The highest BCUT2D eigenvalue weighted by atomic mass is 32.1. The Morgan fingerprint density at radius 1 is 1.10 bits per heavy atom. The molecule has 41 heavy (non-hydrogen) atoms. The maximum absolute atomic E-state index is 12.1. The van der Waals surface area contributed by atoms with Crippen molar-refractivity contribution in [2.45, 2.75) is 52.0 Å². The topological polar surface area (TPSA) is 105 Å². The molecular formula is C31H30N5O4S+. The minimum atomic E-state index is -0.615. The Bertz CT molecular complexity index is 1620. The number of amides is 2. The molecular weight excluding hydrogens is 538 g/mol. The third-order valence-corrected chi connectivity index (χ3v) is 7.35. The molecule has 0 N–H and O–H groups in total. The first-order valence-electron chi connectivity index (χ1n) is 13.4. The standard InChI is InChI=1S/C31H30N5O4S/c1-21(15-18-27(39)40-36-25(37)16-17-26(36)38)10-9-19-35(2)20-24-28(22-11-5-3-6-12-22)30-31(34-41-33-30)29(32-24)23-13-7-4-8-14-23/h3-5,7-11,13-14,19H,2,6,12,15-18,20H2,1H3/q+1/b19-9-,21-10+. The Labute approximate surface area is 242 Å². The molecule has 5 rings (SSSR count). The van der Waals surface area contributed by atoms with Gasteiger partial charge >= 0.3 is 5.97 Å². The first kappa shape index (κ1) is 28.0. The summed E-state index contributed by atoms with van der Waals surface area (Å²) in [5.41, 5.74) is 7.46. The van der Waals surface area contributed by atoms with E-state index in [0.717, 1.165) is 52.0 Å². The fourth-order valence-corrected chi connectivity index (χ4v) is 5.27. The lowest BCUT2D eigenvalue weighted by atomic mass is 9.93. The van der Waals surface area contributed by atoms with Crippen molar-refractivity contribution in [2.75, 3.05) is 0 Å². The lowest BCUT2D eigenvalue weighted by Gasteiger charge is -2.15. The Balaban J connectivity index is 1.31. The third-order valence-electron chi connectivity index (χ3n) is 6.82. The predicted octanol–water partition coefficient (Wildman–Crippen LogP) is 5.55. The van der Waals surface area contributed by atoms with Crippen LogP contribution in [0, 0.1) is 0 Å². The minimum Gasteiger partial charge on any atom is -0.330 e. The molecule has 1 fully saturated rings. The van der Waals surface area contributed by atoms with Gasteiger partial charge in [0.05, 0.1) is 23.8 Å². The lowest BCUT2D eigenvalue weighted by Crippen LogP contribution is -2.31. The van der Waals surface area contributed by atoms with Crippen molar-refractivity contribution in [3.63, 3.8) is 0 Å². The summed E-state index contributed by atoms with van der Waals surface area (Å²) in [5, 5.41) is 0.575. The molecule has 0 saturated carbocycles. The van der Waals surface area contributed by atoms with Crippen LogP contribution < -0.4 is 0 Å². The van der Waals surface area contributed by atoms with Crippen LogP contribution in [0.2, 0.25) is 0 Å². The number of hydrogen-bond acceptors (Lipinski definition) is 8. The molecule has 0 spiro atoms. The molecule has 9 nitrogen and oxygen atoms in total. The molecule has 0 bridgehead atoms. The molecule has 2 aromatic heterocycles. The number of allylic oxidation sites excluding steroid dienone is 7. The van der Waals surface area contributed by atoms with E-state index >= 15 is 0 Å². The highest BCUT2D eigenvalue weighted by molar-refractivity contribution is 7.00. The number of rotatable bonds is 10. The van der Waals surface area contributed by atoms with Crippen molar-refractivity contribution >= 4 is 52.8 Å². The van der Waals surface area contributed by atoms with Gasteiger partial charge in [0.15, 0.2) is 12.7 Å². The van der Waals surface area contributed by atoms with Crippen LogP contribution in [-0.4, -0.2) is 47.9 Å². The Morgan fingerprint density at radius 3 is 2.59 bits per heavy atom. The van der Waals surface area contributed by atoms with Crippen LogP contribution in [0.5, 0.6) is 0 Å². The van der Waals surface area contributed by atoms with Crippen molar-refractivity contribution in [2.24, 2.45) is 0 Å². The van der Waals surface area contributed by atoms with E-state index in [4.69, 9.17) is 9.82 Å². The van der Waals surface area contributed by atoms with Crippen LogP contribution in [0.25, 0.3) is 27.9 Å². The highest BCUT2D eigenvalue weighted by Crippen LogP contribution is 2.36. The smallest absolute Gasteiger partial charge is 0.330 e. The minimum absolute atomic E-state index is 0.0577. The van der Waals surface area contributed by atoms with E-state index in [-0.39, 0.29) is 19.3 Å². The number of nitrogens with zero attached hydrogens (tertiary/aromatic N) is 5. The second-order valence-electron chi connectivity index (χ2n) is 9.91. The van der Waals surface area contributed by atoms with Crippen molar-refractivity contribution in [3.8, 4) is 11.3 Å². The van der Waals surface area contributed by atoms with E-state index in [1.165, 1.54) is 17.3 Å². The Hall–Kier alpha value is -4.57. The van der Waals surface area contributed by atoms with Crippen LogP contribution in [-0.2, 0) is 25.8 Å². The van der Waals surface area contributed by atoms with Gasteiger partial charge in [-0.1, -0.05) is 60.2 Å². The number of hydrogen-bond donors (Lipinski definition) is 0. The number of aromatic nitrogens is 3. The monoisotopic (exact) mass is 568 g/mol. The van der Waals surface area contributed by atoms with E-state index in [2.05, 4.69) is 33.7 Å². The second kappa shape index (κ2) is 12.7. The molecule has 0 radical (unpaired) electrons. The summed E-state index contributed by atoms with van der Waals surface area (Å²) in [6.45, 7) is 6.55. The summed E-state index contributed by atoms with van der Waals surface area (Å²) in [6.07, 6.45) is 14.5. The van der Waals surface area contributed by atoms with Crippen LogP contribution in [0.1, 0.15) is 56.7 Å². The summed E-state index contributed by atoms with van der Waals surface area (Å²) >= 11 is 1.19. The van der Waals surface area contributed by atoms with Crippen LogP contribution in [0.4, 0.5) is 0 Å². The summed E-state index contributed by atoms with van der Waals surface area (Å²) < 4.78 is 11.1. The van der Waals surface area contributed by atoms with Crippen molar-refractivity contribution < 1.29 is 23.8 Å². The van der Waals surface area contributed by atoms with Gasteiger partial charge in [-0.25, -0.2) is 14.4 Å². The molecule has 0 atom stereocenters. The molecule has 10 heteroatoms. The van der Waals surface area contributed by atoms with E-state index in [1.807, 2.05) is 60.2 Å². The maximum atomic E-state index is 12.1. The van der Waals surface area contributed by atoms with Gasteiger partial charge in [0.2, 0.25) is 0 Å². The molecule has 3 heterocycles. The quantitative estimate of drug-likeness (QED) is 0.137. The fraction of sp³-hybridized carbons (Fsp3) is 0.258. The number of fused-ring (bicyclic) bond motifs is 1. The average Bonchev–Trinajstić information content (AvgIpc) is 3.59. The number of carbonyl (C=O) groups excluding carboxylic acids is 3. The molecule has 3 aromatic rings. The van der Waals surface area contributed by atoms with Crippen molar-refractivity contribution in [3.05, 3.63) is 83.7 Å². The van der Waals surface area contributed by atoms with E-state index in [9.17, 15) is 14.4 Å². The molecule has 1 saturated heterocycles. The lowest BCUT2D eigenvalue weighted by molar-refractivity contribution is -0.465. The van der Waals surface area contributed by atoms with Gasteiger partial charge in [0.25, 0.3) is 11.8 Å². The first-order chi connectivity index (χ1) is 19.9. The largest absolute Gasteiger partial charge is 0.333 e.